The van der Waals surface area contributed by atoms with Gasteiger partial charge in [-0.2, -0.15) is 0 Å². The van der Waals surface area contributed by atoms with Crippen molar-refractivity contribution in [3.63, 3.8) is 0 Å². The molecule has 2 aliphatic carbocycles. The lowest BCUT2D eigenvalue weighted by Crippen LogP contribution is -2.23. The Morgan fingerprint density at radius 3 is 2.38 bits per heavy atom. The molecule has 5 rings (SSSR count). The molecule has 0 aliphatic heterocycles. The van der Waals surface area contributed by atoms with Crippen LogP contribution in [0.15, 0.2) is 114 Å². The molecular weight excluding hydrogens is 350 g/mol. The maximum atomic E-state index is 2.41. The van der Waals surface area contributed by atoms with Crippen LogP contribution in [0.25, 0.3) is 10.8 Å². The summed E-state index contributed by atoms with van der Waals surface area (Å²) in [6, 6.07) is 24.1. The quantitative estimate of drug-likeness (QED) is 0.458. The molecule has 0 radical (unpaired) electrons. The average molecular weight is 376 g/mol. The van der Waals surface area contributed by atoms with Crippen LogP contribution in [-0.4, -0.2) is 0 Å². The van der Waals surface area contributed by atoms with Crippen molar-refractivity contribution < 1.29 is 0 Å². The number of fused-ring (bicyclic) bond motifs is 2. The van der Waals surface area contributed by atoms with E-state index < -0.39 is 0 Å². The van der Waals surface area contributed by atoms with Gasteiger partial charge in [0, 0.05) is 23.0 Å². The minimum atomic E-state index is 0.458. The van der Waals surface area contributed by atoms with Crippen molar-refractivity contribution >= 4 is 22.1 Å². The number of aryl methyl sites for hydroxylation is 1. The minimum absolute atomic E-state index is 0.458. The summed E-state index contributed by atoms with van der Waals surface area (Å²) in [7, 11) is 0. The van der Waals surface area contributed by atoms with Crippen LogP contribution in [0.3, 0.4) is 0 Å². The molecule has 1 heteroatoms. The lowest BCUT2D eigenvalue weighted by Gasteiger charge is -2.33. The van der Waals surface area contributed by atoms with Crippen molar-refractivity contribution in [3.05, 3.63) is 120 Å². The molecule has 2 atom stereocenters. The number of benzene rings is 3. The van der Waals surface area contributed by atoms with Crippen LogP contribution < -0.4 is 4.90 Å². The maximum absolute atomic E-state index is 2.41. The molecule has 3 aromatic rings. The van der Waals surface area contributed by atoms with Gasteiger partial charge in [-0.15, -0.1) is 0 Å². The van der Waals surface area contributed by atoms with Crippen molar-refractivity contribution in [1.29, 1.82) is 0 Å². The predicted octanol–water partition coefficient (Wildman–Crippen LogP) is 7.49. The van der Waals surface area contributed by atoms with Crippen LogP contribution in [0.2, 0.25) is 0 Å². The van der Waals surface area contributed by atoms with E-state index in [1.165, 1.54) is 39.0 Å². The van der Waals surface area contributed by atoms with Crippen LogP contribution in [0.5, 0.6) is 0 Å². The molecule has 0 aromatic heterocycles. The summed E-state index contributed by atoms with van der Waals surface area (Å²) < 4.78 is 0. The zero-order valence-electron chi connectivity index (χ0n) is 16.9. The van der Waals surface area contributed by atoms with E-state index in [1.54, 1.807) is 0 Å². The number of rotatable bonds is 3. The second-order valence-corrected chi connectivity index (χ2v) is 8.07. The first kappa shape index (κ1) is 17.8. The minimum Gasteiger partial charge on any atom is -0.311 e. The van der Waals surface area contributed by atoms with Gasteiger partial charge in [-0.25, -0.2) is 0 Å². The van der Waals surface area contributed by atoms with Gasteiger partial charge in [-0.05, 0) is 59.5 Å². The molecular formula is C28H25N. The number of hydrogen-bond donors (Lipinski definition) is 0. The highest BCUT2D eigenvalue weighted by Gasteiger charge is 2.25. The van der Waals surface area contributed by atoms with Crippen LogP contribution >= 0.6 is 0 Å². The van der Waals surface area contributed by atoms with Gasteiger partial charge in [0.15, 0.2) is 0 Å². The molecule has 0 N–H and O–H groups in total. The van der Waals surface area contributed by atoms with E-state index in [4.69, 9.17) is 0 Å². The summed E-state index contributed by atoms with van der Waals surface area (Å²) in [5.74, 6) is 0.930. The van der Waals surface area contributed by atoms with Gasteiger partial charge in [0.25, 0.3) is 0 Å². The molecule has 0 heterocycles. The van der Waals surface area contributed by atoms with Crippen molar-refractivity contribution in [2.45, 2.75) is 13.8 Å². The number of nitrogens with zero attached hydrogens (tertiary/aromatic N) is 1. The normalized spacial score (nSPS) is 20.2. The van der Waals surface area contributed by atoms with Crippen LogP contribution in [0, 0.1) is 18.8 Å². The summed E-state index contributed by atoms with van der Waals surface area (Å²) in [5, 5.41) is 2.53. The molecule has 0 saturated carbocycles. The third kappa shape index (κ3) is 3.34. The van der Waals surface area contributed by atoms with Gasteiger partial charge in [0.1, 0.15) is 0 Å². The smallest absolute Gasteiger partial charge is 0.0467 e. The Bertz CT molecular complexity index is 1170. The maximum Gasteiger partial charge on any atom is 0.0467 e. The fourth-order valence-electron chi connectivity index (χ4n) is 4.38. The summed E-state index contributed by atoms with van der Waals surface area (Å²) in [6.45, 7) is 4.45. The average Bonchev–Trinajstić information content (AvgIpc) is 2.75. The number of anilines is 2. The fourth-order valence-corrected chi connectivity index (χ4v) is 4.38. The molecule has 0 spiro atoms. The topological polar surface area (TPSA) is 3.24 Å². The molecule has 0 fully saturated rings. The van der Waals surface area contributed by atoms with Crippen molar-refractivity contribution in [2.24, 2.45) is 11.8 Å². The van der Waals surface area contributed by atoms with E-state index in [2.05, 4.69) is 122 Å². The van der Waals surface area contributed by atoms with E-state index in [0.717, 1.165) is 0 Å². The highest BCUT2D eigenvalue weighted by Crippen LogP contribution is 2.39. The summed E-state index contributed by atoms with van der Waals surface area (Å²) in [6.07, 6.45) is 13.6. The standard InChI is InChI=1S/C28H25N/c1-20-11-14-25(15-12-20)29(26-16-13-22-7-3-4-8-23(22)18-26)27-17-21(2)28-10-6-5-9-24(28)19-27/h3-19,21,28H,1-2H3. The second kappa shape index (κ2) is 7.25. The lowest BCUT2D eigenvalue weighted by atomic mass is 9.80. The summed E-state index contributed by atoms with van der Waals surface area (Å²) in [5.41, 5.74) is 6.28. The Kier molecular flexibility index (Phi) is 4.44. The van der Waals surface area contributed by atoms with Gasteiger partial charge in [0.2, 0.25) is 0 Å². The second-order valence-electron chi connectivity index (χ2n) is 8.07. The van der Waals surface area contributed by atoms with E-state index in [0.29, 0.717) is 11.8 Å². The van der Waals surface area contributed by atoms with Crippen molar-refractivity contribution in [3.8, 4) is 0 Å². The fraction of sp³-hybridized carbons (Fsp3) is 0.143. The highest BCUT2D eigenvalue weighted by molar-refractivity contribution is 5.88. The number of hydrogen-bond acceptors (Lipinski definition) is 1. The van der Waals surface area contributed by atoms with Crippen molar-refractivity contribution in [1.82, 2.24) is 0 Å². The molecule has 0 amide bonds. The highest BCUT2D eigenvalue weighted by atomic mass is 15.1. The summed E-state index contributed by atoms with van der Waals surface area (Å²) in [4.78, 5) is 2.39. The molecule has 29 heavy (non-hydrogen) atoms. The van der Waals surface area contributed by atoms with Gasteiger partial charge >= 0.3 is 0 Å². The molecule has 142 valence electrons. The van der Waals surface area contributed by atoms with Crippen molar-refractivity contribution in [2.75, 3.05) is 4.90 Å². The molecule has 3 aromatic carbocycles. The molecule has 2 aliphatic rings. The third-order valence-electron chi connectivity index (χ3n) is 5.96. The van der Waals surface area contributed by atoms with Gasteiger partial charge < -0.3 is 4.90 Å². The Morgan fingerprint density at radius 2 is 1.55 bits per heavy atom. The lowest BCUT2D eigenvalue weighted by molar-refractivity contribution is 0.576. The van der Waals surface area contributed by atoms with E-state index in [-0.39, 0.29) is 0 Å². The molecule has 0 saturated heterocycles. The molecule has 2 unspecified atom stereocenters. The SMILES string of the molecule is Cc1ccc(N(C2=CC(C)C3C=CC=CC3=C2)c2ccc3ccccc3c2)cc1. The third-order valence-corrected chi connectivity index (χ3v) is 5.96. The molecule has 1 nitrogen and oxygen atoms in total. The van der Waals surface area contributed by atoms with Crippen LogP contribution in [0.4, 0.5) is 11.4 Å². The zero-order valence-corrected chi connectivity index (χ0v) is 16.9. The zero-order chi connectivity index (χ0) is 19.8. The van der Waals surface area contributed by atoms with E-state index in [9.17, 15) is 0 Å². The Morgan fingerprint density at radius 1 is 0.793 bits per heavy atom. The molecule has 0 bridgehead atoms. The first-order chi connectivity index (χ1) is 14.2. The number of allylic oxidation sites excluding steroid dienone is 7. The van der Waals surface area contributed by atoms with Gasteiger partial charge in [-0.1, -0.05) is 85.3 Å². The van der Waals surface area contributed by atoms with Gasteiger partial charge in [0.05, 0.1) is 0 Å². The van der Waals surface area contributed by atoms with Gasteiger partial charge in [-0.3, -0.25) is 0 Å². The first-order valence-electron chi connectivity index (χ1n) is 10.3. The van der Waals surface area contributed by atoms with Crippen LogP contribution in [0.1, 0.15) is 12.5 Å². The largest absolute Gasteiger partial charge is 0.311 e. The Labute approximate surface area is 173 Å². The van der Waals surface area contributed by atoms with E-state index in [1.807, 2.05) is 0 Å². The predicted molar refractivity (Wildman–Crippen MR) is 124 cm³/mol. The Balaban J connectivity index is 1.66. The first-order valence-corrected chi connectivity index (χ1v) is 10.3. The monoisotopic (exact) mass is 375 g/mol. The Hall–Kier alpha value is -3.32. The summed E-state index contributed by atoms with van der Waals surface area (Å²) >= 11 is 0. The van der Waals surface area contributed by atoms with Crippen LogP contribution in [-0.2, 0) is 0 Å². The van der Waals surface area contributed by atoms with E-state index >= 15 is 0 Å².